The van der Waals surface area contributed by atoms with Gasteiger partial charge in [0.15, 0.2) is 5.69 Å². The molecule has 1 rings (SSSR count). The van der Waals surface area contributed by atoms with Gasteiger partial charge >= 0.3 is 0 Å². The molecule has 1 atom stereocenters. The number of nitrogens with zero attached hydrogens (tertiary/aromatic N) is 3. The lowest BCUT2D eigenvalue weighted by atomic mass is 10.0. The van der Waals surface area contributed by atoms with Crippen molar-refractivity contribution in [2.24, 2.45) is 0 Å². The first-order chi connectivity index (χ1) is 7.19. The van der Waals surface area contributed by atoms with Crippen LogP contribution in [-0.2, 0) is 0 Å². The number of rotatable bonds is 2. The van der Waals surface area contributed by atoms with Crippen molar-refractivity contribution in [2.45, 2.75) is 33.1 Å². The Balaban J connectivity index is 0.000000921. The normalized spacial score (nSPS) is 10.7. The molecule has 3 heteroatoms. The number of hydrogen-bond acceptors (Lipinski definition) is 3. The summed E-state index contributed by atoms with van der Waals surface area (Å²) >= 11 is 0. The summed E-state index contributed by atoms with van der Waals surface area (Å²) in [7, 11) is 0. The van der Waals surface area contributed by atoms with E-state index in [1.54, 1.807) is 0 Å². The average molecular weight is 201 g/mol. The number of terminal acetylenes is 1. The minimum Gasteiger partial charge on any atom is -0.256 e. The SMILES string of the molecule is C#C.CCC(C)c1ncc(C#N)nc1C. The van der Waals surface area contributed by atoms with Crippen LogP contribution in [-0.4, -0.2) is 9.97 Å². The van der Waals surface area contributed by atoms with E-state index >= 15 is 0 Å². The first kappa shape index (κ1) is 13.1. The Morgan fingerprint density at radius 2 is 2.13 bits per heavy atom. The van der Waals surface area contributed by atoms with Crippen LogP contribution in [0.3, 0.4) is 0 Å². The van der Waals surface area contributed by atoms with Crippen molar-refractivity contribution >= 4 is 0 Å². The molecule has 0 aliphatic carbocycles. The van der Waals surface area contributed by atoms with Crippen molar-refractivity contribution in [1.82, 2.24) is 9.97 Å². The summed E-state index contributed by atoms with van der Waals surface area (Å²) < 4.78 is 0. The summed E-state index contributed by atoms with van der Waals surface area (Å²) in [5, 5.41) is 8.60. The maximum atomic E-state index is 8.60. The molecule has 0 radical (unpaired) electrons. The molecule has 0 saturated carbocycles. The zero-order valence-corrected chi connectivity index (χ0v) is 9.36. The third kappa shape index (κ3) is 3.40. The fourth-order valence-electron chi connectivity index (χ4n) is 1.22. The van der Waals surface area contributed by atoms with E-state index in [1.165, 1.54) is 6.20 Å². The van der Waals surface area contributed by atoms with Gasteiger partial charge in [-0.3, -0.25) is 4.98 Å². The largest absolute Gasteiger partial charge is 0.256 e. The van der Waals surface area contributed by atoms with Crippen molar-refractivity contribution in [3.05, 3.63) is 23.3 Å². The third-order valence-corrected chi connectivity index (χ3v) is 2.18. The van der Waals surface area contributed by atoms with Crippen LogP contribution in [0.2, 0.25) is 0 Å². The van der Waals surface area contributed by atoms with Crippen LogP contribution in [0.25, 0.3) is 0 Å². The highest BCUT2D eigenvalue weighted by atomic mass is 14.8. The molecule has 1 aromatic heterocycles. The van der Waals surface area contributed by atoms with E-state index in [-0.39, 0.29) is 0 Å². The first-order valence-electron chi connectivity index (χ1n) is 4.76. The molecular formula is C12H15N3. The van der Waals surface area contributed by atoms with Gasteiger partial charge in [0.1, 0.15) is 6.07 Å². The average Bonchev–Trinajstić information content (AvgIpc) is 2.30. The van der Waals surface area contributed by atoms with Crippen LogP contribution < -0.4 is 0 Å². The molecule has 0 amide bonds. The molecule has 1 unspecified atom stereocenters. The predicted molar refractivity (Wildman–Crippen MR) is 60.1 cm³/mol. The molecule has 3 nitrogen and oxygen atoms in total. The number of aromatic nitrogens is 2. The van der Waals surface area contributed by atoms with E-state index in [2.05, 4.69) is 36.7 Å². The number of hydrogen-bond donors (Lipinski definition) is 0. The molecule has 0 aromatic carbocycles. The van der Waals surface area contributed by atoms with Gasteiger partial charge in [-0.1, -0.05) is 13.8 Å². The molecule has 0 aliphatic heterocycles. The van der Waals surface area contributed by atoms with E-state index in [1.807, 2.05) is 13.0 Å². The molecular weight excluding hydrogens is 186 g/mol. The van der Waals surface area contributed by atoms with E-state index < -0.39 is 0 Å². The smallest absolute Gasteiger partial charge is 0.159 e. The van der Waals surface area contributed by atoms with Crippen LogP contribution in [0.1, 0.15) is 43.3 Å². The van der Waals surface area contributed by atoms with Gasteiger partial charge in [0, 0.05) is 0 Å². The van der Waals surface area contributed by atoms with Gasteiger partial charge in [0.05, 0.1) is 17.6 Å². The van der Waals surface area contributed by atoms with Gasteiger partial charge in [-0.15, -0.1) is 12.8 Å². The van der Waals surface area contributed by atoms with Gasteiger partial charge in [-0.25, -0.2) is 4.98 Å². The van der Waals surface area contributed by atoms with Crippen LogP contribution >= 0.6 is 0 Å². The topological polar surface area (TPSA) is 49.6 Å². The van der Waals surface area contributed by atoms with Gasteiger partial charge in [0.25, 0.3) is 0 Å². The summed E-state index contributed by atoms with van der Waals surface area (Å²) in [4.78, 5) is 8.37. The van der Waals surface area contributed by atoms with Crippen molar-refractivity contribution in [1.29, 1.82) is 5.26 Å². The predicted octanol–water partition coefficient (Wildman–Crippen LogP) is 2.42. The Kier molecular flexibility index (Phi) is 5.75. The quantitative estimate of drug-likeness (QED) is 0.690. The number of nitriles is 1. The summed E-state index contributed by atoms with van der Waals surface area (Å²) in [6.07, 6.45) is 10.6. The molecule has 0 saturated heterocycles. The molecule has 0 spiro atoms. The lowest BCUT2D eigenvalue weighted by Crippen LogP contribution is -2.02. The maximum absolute atomic E-state index is 8.60. The van der Waals surface area contributed by atoms with E-state index in [4.69, 9.17) is 5.26 Å². The Labute approximate surface area is 91.2 Å². The third-order valence-electron chi connectivity index (χ3n) is 2.18. The van der Waals surface area contributed by atoms with Crippen LogP contribution in [0, 0.1) is 31.1 Å². The second-order valence-electron chi connectivity index (χ2n) is 3.15. The summed E-state index contributed by atoms with van der Waals surface area (Å²) in [6, 6.07) is 1.98. The van der Waals surface area contributed by atoms with Gasteiger partial charge < -0.3 is 0 Å². The molecule has 0 aliphatic rings. The standard InChI is InChI=1S/C10H13N3.C2H2/c1-4-7(2)10-8(3)13-9(5-11)6-12-10;1-2/h6-7H,4H2,1-3H3;1-2H. The Bertz CT molecular complexity index is 374. The molecule has 78 valence electrons. The van der Waals surface area contributed by atoms with Crippen LogP contribution in [0.4, 0.5) is 0 Å². The number of aryl methyl sites for hydroxylation is 1. The molecule has 1 aromatic rings. The molecule has 0 fully saturated rings. The van der Waals surface area contributed by atoms with E-state index in [0.29, 0.717) is 11.6 Å². The van der Waals surface area contributed by atoms with Crippen molar-refractivity contribution in [3.8, 4) is 18.9 Å². The second-order valence-corrected chi connectivity index (χ2v) is 3.15. The molecule has 0 N–H and O–H groups in total. The first-order valence-corrected chi connectivity index (χ1v) is 4.76. The Hall–Kier alpha value is -1.87. The van der Waals surface area contributed by atoms with Crippen molar-refractivity contribution in [3.63, 3.8) is 0 Å². The minimum atomic E-state index is 0.393. The Morgan fingerprint density at radius 1 is 1.53 bits per heavy atom. The summed E-state index contributed by atoms with van der Waals surface area (Å²) in [5.74, 6) is 0.417. The second kappa shape index (κ2) is 6.56. The van der Waals surface area contributed by atoms with Crippen molar-refractivity contribution < 1.29 is 0 Å². The minimum absolute atomic E-state index is 0.393. The highest BCUT2D eigenvalue weighted by Crippen LogP contribution is 2.18. The maximum Gasteiger partial charge on any atom is 0.159 e. The lowest BCUT2D eigenvalue weighted by molar-refractivity contribution is 0.693. The zero-order chi connectivity index (χ0) is 11.8. The fourth-order valence-corrected chi connectivity index (χ4v) is 1.22. The van der Waals surface area contributed by atoms with Crippen LogP contribution in [0.15, 0.2) is 6.20 Å². The summed E-state index contributed by atoms with van der Waals surface area (Å²) in [6.45, 7) is 6.13. The van der Waals surface area contributed by atoms with E-state index in [9.17, 15) is 0 Å². The fraction of sp³-hybridized carbons (Fsp3) is 0.417. The van der Waals surface area contributed by atoms with Gasteiger partial charge in [-0.2, -0.15) is 5.26 Å². The molecule has 0 bridgehead atoms. The van der Waals surface area contributed by atoms with E-state index in [0.717, 1.165) is 17.8 Å². The van der Waals surface area contributed by atoms with Gasteiger partial charge in [-0.05, 0) is 19.3 Å². The monoisotopic (exact) mass is 201 g/mol. The summed E-state index contributed by atoms with van der Waals surface area (Å²) in [5.41, 5.74) is 2.26. The molecule has 15 heavy (non-hydrogen) atoms. The highest BCUT2D eigenvalue weighted by molar-refractivity contribution is 5.22. The zero-order valence-electron chi connectivity index (χ0n) is 9.36. The van der Waals surface area contributed by atoms with Crippen LogP contribution in [0.5, 0.6) is 0 Å². The Morgan fingerprint density at radius 3 is 2.53 bits per heavy atom. The molecule has 1 heterocycles. The van der Waals surface area contributed by atoms with Gasteiger partial charge in [0.2, 0.25) is 0 Å². The lowest BCUT2D eigenvalue weighted by Gasteiger charge is -2.09. The highest BCUT2D eigenvalue weighted by Gasteiger charge is 2.09. The van der Waals surface area contributed by atoms with Crippen molar-refractivity contribution in [2.75, 3.05) is 0 Å².